The van der Waals surface area contributed by atoms with Gasteiger partial charge in [-0.1, -0.05) is 36.4 Å². The van der Waals surface area contributed by atoms with Gasteiger partial charge in [-0.2, -0.15) is 0 Å². The fourth-order valence-electron chi connectivity index (χ4n) is 2.69. The summed E-state index contributed by atoms with van der Waals surface area (Å²) < 4.78 is 0. The van der Waals surface area contributed by atoms with Gasteiger partial charge in [0.2, 0.25) is 5.91 Å². The highest BCUT2D eigenvalue weighted by Gasteiger charge is 2.26. The summed E-state index contributed by atoms with van der Waals surface area (Å²) in [5, 5.41) is 0. The summed E-state index contributed by atoms with van der Waals surface area (Å²) in [7, 11) is 0. The van der Waals surface area contributed by atoms with Gasteiger partial charge in [0.1, 0.15) is 0 Å². The summed E-state index contributed by atoms with van der Waals surface area (Å²) in [5.41, 5.74) is 10.3. The molecule has 1 atom stereocenters. The van der Waals surface area contributed by atoms with E-state index < -0.39 is 6.04 Å². The molecule has 3 nitrogen and oxygen atoms in total. The van der Waals surface area contributed by atoms with E-state index in [-0.39, 0.29) is 5.91 Å². The van der Waals surface area contributed by atoms with E-state index in [0.717, 1.165) is 18.7 Å². The standard InChI is InChI=1S/C17H18N2O/c1-12(18)17(20)19-10-9-15-11-14(7-8-16(15)19)13-5-3-2-4-6-13/h2-8,11-12H,9-10,18H2,1H3/t12-/m1/s1. The maximum atomic E-state index is 12.1. The number of carbonyl (C=O) groups is 1. The first kappa shape index (κ1) is 12.9. The van der Waals surface area contributed by atoms with Crippen LogP contribution >= 0.6 is 0 Å². The Hall–Kier alpha value is -2.13. The smallest absolute Gasteiger partial charge is 0.243 e. The van der Waals surface area contributed by atoms with Crippen molar-refractivity contribution >= 4 is 11.6 Å². The molecule has 0 radical (unpaired) electrons. The third-order valence-corrected chi connectivity index (χ3v) is 3.74. The molecule has 0 saturated carbocycles. The first-order valence-electron chi connectivity index (χ1n) is 6.92. The maximum Gasteiger partial charge on any atom is 0.243 e. The van der Waals surface area contributed by atoms with Gasteiger partial charge in [-0.15, -0.1) is 0 Å². The van der Waals surface area contributed by atoms with Crippen LogP contribution in [-0.2, 0) is 11.2 Å². The van der Waals surface area contributed by atoms with Crippen molar-refractivity contribution in [2.24, 2.45) is 5.73 Å². The highest BCUT2D eigenvalue weighted by atomic mass is 16.2. The molecular formula is C17H18N2O. The van der Waals surface area contributed by atoms with E-state index in [9.17, 15) is 4.79 Å². The minimum Gasteiger partial charge on any atom is -0.320 e. The molecule has 0 saturated heterocycles. The molecule has 0 fully saturated rings. The number of carbonyl (C=O) groups excluding carboxylic acids is 1. The van der Waals surface area contributed by atoms with Gasteiger partial charge in [0.15, 0.2) is 0 Å². The van der Waals surface area contributed by atoms with Crippen LogP contribution in [0.3, 0.4) is 0 Å². The van der Waals surface area contributed by atoms with Crippen molar-refractivity contribution in [3.8, 4) is 11.1 Å². The molecule has 3 heteroatoms. The van der Waals surface area contributed by atoms with E-state index in [1.54, 1.807) is 11.8 Å². The van der Waals surface area contributed by atoms with Crippen LogP contribution in [0.5, 0.6) is 0 Å². The molecule has 2 N–H and O–H groups in total. The van der Waals surface area contributed by atoms with E-state index >= 15 is 0 Å². The van der Waals surface area contributed by atoms with Gasteiger partial charge in [-0.25, -0.2) is 0 Å². The van der Waals surface area contributed by atoms with Crippen LogP contribution in [0.25, 0.3) is 11.1 Å². The Kier molecular flexibility index (Phi) is 3.28. The number of fused-ring (bicyclic) bond motifs is 1. The number of anilines is 1. The number of amides is 1. The van der Waals surface area contributed by atoms with Gasteiger partial charge in [0, 0.05) is 12.2 Å². The number of nitrogens with two attached hydrogens (primary N) is 1. The predicted octanol–water partition coefficient (Wildman–Crippen LogP) is 2.59. The second-order valence-electron chi connectivity index (χ2n) is 5.24. The first-order valence-corrected chi connectivity index (χ1v) is 6.92. The normalized spacial score (nSPS) is 15.0. The molecule has 0 unspecified atom stereocenters. The van der Waals surface area contributed by atoms with Crippen LogP contribution in [0.1, 0.15) is 12.5 Å². The first-order chi connectivity index (χ1) is 9.66. The van der Waals surface area contributed by atoms with E-state index in [2.05, 4.69) is 24.3 Å². The molecule has 1 amide bonds. The number of hydrogen-bond acceptors (Lipinski definition) is 2. The second kappa shape index (κ2) is 5.10. The van der Waals surface area contributed by atoms with E-state index in [4.69, 9.17) is 5.73 Å². The number of benzene rings is 2. The van der Waals surface area contributed by atoms with Crippen LogP contribution in [0.15, 0.2) is 48.5 Å². The van der Waals surface area contributed by atoms with E-state index in [1.165, 1.54) is 16.7 Å². The molecule has 0 spiro atoms. The van der Waals surface area contributed by atoms with Crippen molar-refractivity contribution in [2.45, 2.75) is 19.4 Å². The zero-order valence-corrected chi connectivity index (χ0v) is 11.5. The molecule has 102 valence electrons. The lowest BCUT2D eigenvalue weighted by Crippen LogP contribution is -2.41. The maximum absolute atomic E-state index is 12.1. The Labute approximate surface area is 119 Å². The molecule has 0 bridgehead atoms. The SMILES string of the molecule is C[C@@H](N)C(=O)N1CCc2cc(-c3ccccc3)ccc21. The fourth-order valence-corrected chi connectivity index (χ4v) is 2.69. The molecule has 1 aliphatic heterocycles. The number of rotatable bonds is 2. The average molecular weight is 266 g/mol. The van der Waals surface area contributed by atoms with Crippen LogP contribution in [-0.4, -0.2) is 18.5 Å². The van der Waals surface area contributed by atoms with Crippen molar-refractivity contribution in [3.05, 3.63) is 54.1 Å². The van der Waals surface area contributed by atoms with Gasteiger partial charge in [0.05, 0.1) is 6.04 Å². The van der Waals surface area contributed by atoms with Crippen LogP contribution < -0.4 is 10.6 Å². The van der Waals surface area contributed by atoms with Crippen LogP contribution in [0.4, 0.5) is 5.69 Å². The van der Waals surface area contributed by atoms with E-state index in [1.807, 2.05) is 24.3 Å². The van der Waals surface area contributed by atoms with Crippen molar-refractivity contribution in [3.63, 3.8) is 0 Å². The highest BCUT2D eigenvalue weighted by molar-refractivity contribution is 5.98. The van der Waals surface area contributed by atoms with Crippen molar-refractivity contribution < 1.29 is 4.79 Å². The molecule has 20 heavy (non-hydrogen) atoms. The summed E-state index contributed by atoms with van der Waals surface area (Å²) in [4.78, 5) is 13.9. The predicted molar refractivity (Wildman–Crippen MR) is 81.6 cm³/mol. The quantitative estimate of drug-likeness (QED) is 0.908. The minimum absolute atomic E-state index is 0.00351. The Bertz CT molecular complexity index is 635. The number of hydrogen-bond donors (Lipinski definition) is 1. The molecule has 3 rings (SSSR count). The molecule has 2 aromatic rings. The molecule has 0 aromatic heterocycles. The third kappa shape index (κ3) is 2.21. The van der Waals surface area contributed by atoms with Gasteiger partial charge in [-0.05, 0) is 42.2 Å². The summed E-state index contributed by atoms with van der Waals surface area (Å²) in [5.74, 6) is -0.00351. The number of nitrogens with zero attached hydrogens (tertiary/aromatic N) is 1. The Morgan fingerprint density at radius 3 is 2.60 bits per heavy atom. The van der Waals surface area contributed by atoms with Gasteiger partial charge >= 0.3 is 0 Å². The summed E-state index contributed by atoms with van der Waals surface area (Å²) >= 11 is 0. The van der Waals surface area contributed by atoms with Crippen LogP contribution in [0, 0.1) is 0 Å². The topological polar surface area (TPSA) is 46.3 Å². The molecular weight excluding hydrogens is 248 g/mol. The summed E-state index contributed by atoms with van der Waals surface area (Å²) in [6.07, 6.45) is 0.897. The largest absolute Gasteiger partial charge is 0.320 e. The lowest BCUT2D eigenvalue weighted by atomic mass is 10.0. The molecule has 2 aromatic carbocycles. The Morgan fingerprint density at radius 2 is 1.90 bits per heavy atom. The van der Waals surface area contributed by atoms with Gasteiger partial charge in [-0.3, -0.25) is 4.79 Å². The third-order valence-electron chi connectivity index (χ3n) is 3.74. The van der Waals surface area contributed by atoms with Gasteiger partial charge < -0.3 is 10.6 Å². The van der Waals surface area contributed by atoms with Crippen molar-refractivity contribution in [1.29, 1.82) is 0 Å². The Balaban J connectivity index is 1.95. The monoisotopic (exact) mass is 266 g/mol. The summed E-state index contributed by atoms with van der Waals surface area (Å²) in [6.45, 7) is 2.46. The highest BCUT2D eigenvalue weighted by Crippen LogP contribution is 2.32. The minimum atomic E-state index is -0.449. The average Bonchev–Trinajstić information content (AvgIpc) is 2.90. The van der Waals surface area contributed by atoms with E-state index in [0.29, 0.717) is 0 Å². The zero-order chi connectivity index (χ0) is 14.1. The van der Waals surface area contributed by atoms with Crippen molar-refractivity contribution in [1.82, 2.24) is 0 Å². The van der Waals surface area contributed by atoms with Gasteiger partial charge in [0.25, 0.3) is 0 Å². The fraction of sp³-hybridized carbons (Fsp3) is 0.235. The zero-order valence-electron chi connectivity index (χ0n) is 11.5. The molecule has 1 aliphatic rings. The lowest BCUT2D eigenvalue weighted by Gasteiger charge is -2.19. The molecule has 1 heterocycles. The van der Waals surface area contributed by atoms with Crippen LogP contribution in [0.2, 0.25) is 0 Å². The van der Waals surface area contributed by atoms with Crippen molar-refractivity contribution in [2.75, 3.05) is 11.4 Å². The Morgan fingerprint density at radius 1 is 1.15 bits per heavy atom. The lowest BCUT2D eigenvalue weighted by molar-refractivity contribution is -0.119. The summed E-state index contributed by atoms with van der Waals surface area (Å²) in [6, 6.07) is 16.1. The molecule has 0 aliphatic carbocycles. The second-order valence-corrected chi connectivity index (χ2v) is 5.24.